The van der Waals surface area contributed by atoms with Crippen molar-refractivity contribution in [2.75, 3.05) is 0 Å². The van der Waals surface area contributed by atoms with Gasteiger partial charge in [-0.2, -0.15) is 13.2 Å². The Morgan fingerprint density at radius 3 is 2.26 bits per heavy atom. The first-order valence-electron chi connectivity index (χ1n) is 10.3. The SMILES string of the molecule is CCC(C)C(C)CCC(C)C(=O)NCc1cc(-c2cnc(C(F)(F)F)nc2)ncc1F. The molecule has 0 aliphatic carbocycles. The first kappa shape index (κ1) is 24.7. The van der Waals surface area contributed by atoms with E-state index < -0.39 is 17.8 Å². The number of nitrogens with one attached hydrogen (secondary N) is 1. The maximum absolute atomic E-state index is 14.1. The van der Waals surface area contributed by atoms with Crippen LogP contribution in [-0.4, -0.2) is 20.9 Å². The Morgan fingerprint density at radius 2 is 1.68 bits per heavy atom. The summed E-state index contributed by atoms with van der Waals surface area (Å²) in [6.07, 6.45) is 1.06. The number of carbonyl (C=O) groups is 1. The molecule has 0 bridgehead atoms. The summed E-state index contributed by atoms with van der Waals surface area (Å²) in [6.45, 7) is 8.31. The summed E-state index contributed by atoms with van der Waals surface area (Å²) < 4.78 is 52.0. The quantitative estimate of drug-likeness (QED) is 0.530. The molecular formula is C22H28F4N4O. The van der Waals surface area contributed by atoms with Crippen molar-refractivity contribution in [1.82, 2.24) is 20.3 Å². The summed E-state index contributed by atoms with van der Waals surface area (Å²) in [4.78, 5) is 22.9. The number of alkyl halides is 3. The van der Waals surface area contributed by atoms with Crippen LogP contribution < -0.4 is 5.32 Å². The molecule has 2 aromatic heterocycles. The van der Waals surface area contributed by atoms with Crippen molar-refractivity contribution in [3.63, 3.8) is 0 Å². The number of nitrogens with zero attached hydrogens (tertiary/aromatic N) is 3. The van der Waals surface area contributed by atoms with Crippen molar-refractivity contribution in [2.45, 2.75) is 59.7 Å². The lowest BCUT2D eigenvalue weighted by Crippen LogP contribution is -2.29. The zero-order valence-corrected chi connectivity index (χ0v) is 18.1. The van der Waals surface area contributed by atoms with Gasteiger partial charge < -0.3 is 5.32 Å². The van der Waals surface area contributed by atoms with Crippen molar-refractivity contribution in [3.8, 4) is 11.3 Å². The van der Waals surface area contributed by atoms with Gasteiger partial charge in [0.1, 0.15) is 5.82 Å². The Kier molecular flexibility index (Phi) is 8.47. The smallest absolute Gasteiger partial charge is 0.352 e. The molecule has 1 N–H and O–H groups in total. The monoisotopic (exact) mass is 440 g/mol. The minimum absolute atomic E-state index is 0.0487. The predicted molar refractivity (Wildman–Crippen MR) is 109 cm³/mol. The maximum atomic E-state index is 14.1. The number of hydrogen-bond acceptors (Lipinski definition) is 4. The fourth-order valence-electron chi connectivity index (χ4n) is 3.07. The average molecular weight is 440 g/mol. The molecule has 1 amide bonds. The molecule has 3 atom stereocenters. The van der Waals surface area contributed by atoms with Crippen molar-refractivity contribution in [3.05, 3.63) is 41.9 Å². The topological polar surface area (TPSA) is 67.8 Å². The van der Waals surface area contributed by atoms with Gasteiger partial charge >= 0.3 is 6.18 Å². The predicted octanol–water partition coefficient (Wildman–Crippen LogP) is 5.41. The van der Waals surface area contributed by atoms with Gasteiger partial charge in [-0.05, 0) is 30.7 Å². The third-order valence-electron chi connectivity index (χ3n) is 5.71. The molecule has 3 unspecified atom stereocenters. The fraction of sp³-hybridized carbons (Fsp3) is 0.545. The number of carbonyl (C=O) groups excluding carboxylic acids is 1. The number of pyridine rings is 1. The first-order chi connectivity index (χ1) is 14.5. The zero-order chi connectivity index (χ0) is 23.2. The highest BCUT2D eigenvalue weighted by Gasteiger charge is 2.34. The number of halogens is 4. The van der Waals surface area contributed by atoms with E-state index in [2.05, 4.69) is 41.0 Å². The van der Waals surface area contributed by atoms with Gasteiger partial charge in [-0.3, -0.25) is 9.78 Å². The second-order valence-electron chi connectivity index (χ2n) is 8.01. The van der Waals surface area contributed by atoms with Crippen LogP contribution >= 0.6 is 0 Å². The third kappa shape index (κ3) is 6.97. The Labute approximate surface area is 179 Å². The molecule has 5 nitrogen and oxygen atoms in total. The van der Waals surface area contributed by atoms with E-state index in [0.29, 0.717) is 11.8 Å². The van der Waals surface area contributed by atoms with Gasteiger partial charge in [-0.1, -0.05) is 34.1 Å². The van der Waals surface area contributed by atoms with Crippen LogP contribution in [0.1, 0.15) is 58.3 Å². The Hall–Kier alpha value is -2.58. The van der Waals surface area contributed by atoms with Crippen LogP contribution in [0.25, 0.3) is 11.3 Å². The summed E-state index contributed by atoms with van der Waals surface area (Å²) >= 11 is 0. The van der Waals surface area contributed by atoms with Crippen LogP contribution in [0.5, 0.6) is 0 Å². The van der Waals surface area contributed by atoms with Crippen LogP contribution in [0, 0.1) is 23.6 Å². The molecule has 9 heteroatoms. The molecule has 2 heterocycles. The van der Waals surface area contributed by atoms with Crippen molar-refractivity contribution < 1.29 is 22.4 Å². The molecule has 2 rings (SSSR count). The lowest BCUT2D eigenvalue weighted by Gasteiger charge is -2.20. The standard InChI is InChI=1S/C22H28F4N4O/c1-5-13(2)14(3)6-7-15(4)20(31)28-9-16-8-19(27-12-18(16)23)17-10-29-21(30-11-17)22(24,25)26/h8,10-15H,5-7,9H2,1-4H3,(H,28,31). The summed E-state index contributed by atoms with van der Waals surface area (Å²) in [5, 5.41) is 2.73. The maximum Gasteiger partial charge on any atom is 0.451 e. The van der Waals surface area contributed by atoms with E-state index in [4.69, 9.17) is 0 Å². The second kappa shape index (κ2) is 10.6. The van der Waals surface area contributed by atoms with E-state index in [-0.39, 0.29) is 35.2 Å². The van der Waals surface area contributed by atoms with Crippen LogP contribution in [-0.2, 0) is 17.5 Å². The highest BCUT2D eigenvalue weighted by molar-refractivity contribution is 5.78. The molecule has 0 fully saturated rings. The molecule has 0 radical (unpaired) electrons. The first-order valence-corrected chi connectivity index (χ1v) is 10.3. The van der Waals surface area contributed by atoms with E-state index in [9.17, 15) is 22.4 Å². The third-order valence-corrected chi connectivity index (χ3v) is 5.71. The Bertz CT molecular complexity index is 871. The number of amides is 1. The van der Waals surface area contributed by atoms with Crippen molar-refractivity contribution in [2.24, 2.45) is 17.8 Å². The van der Waals surface area contributed by atoms with Gasteiger partial charge in [0.25, 0.3) is 0 Å². The molecule has 0 spiro atoms. The summed E-state index contributed by atoms with van der Waals surface area (Å²) in [6, 6.07) is 1.37. The van der Waals surface area contributed by atoms with Crippen LogP contribution in [0.15, 0.2) is 24.7 Å². The van der Waals surface area contributed by atoms with Gasteiger partial charge in [-0.15, -0.1) is 0 Å². The minimum atomic E-state index is -4.65. The van der Waals surface area contributed by atoms with Crippen LogP contribution in [0.4, 0.5) is 17.6 Å². The van der Waals surface area contributed by atoms with Gasteiger partial charge in [-0.25, -0.2) is 14.4 Å². The molecule has 170 valence electrons. The average Bonchev–Trinajstić information content (AvgIpc) is 2.75. The number of hydrogen-bond donors (Lipinski definition) is 1. The molecule has 0 saturated heterocycles. The lowest BCUT2D eigenvalue weighted by atomic mass is 9.87. The zero-order valence-electron chi connectivity index (χ0n) is 18.1. The molecule has 0 aliphatic heterocycles. The largest absolute Gasteiger partial charge is 0.451 e. The van der Waals surface area contributed by atoms with E-state index in [0.717, 1.165) is 37.9 Å². The fourth-order valence-corrected chi connectivity index (χ4v) is 3.07. The number of aromatic nitrogens is 3. The normalized spacial score (nSPS) is 14.7. The lowest BCUT2D eigenvalue weighted by molar-refractivity contribution is -0.145. The Morgan fingerprint density at radius 1 is 1.03 bits per heavy atom. The number of rotatable bonds is 9. The van der Waals surface area contributed by atoms with E-state index in [1.807, 2.05) is 6.92 Å². The Balaban J connectivity index is 2.00. The van der Waals surface area contributed by atoms with Gasteiger partial charge in [0.05, 0.1) is 11.9 Å². The van der Waals surface area contributed by atoms with Crippen LogP contribution in [0.2, 0.25) is 0 Å². The van der Waals surface area contributed by atoms with Gasteiger partial charge in [0.15, 0.2) is 0 Å². The minimum Gasteiger partial charge on any atom is -0.352 e. The van der Waals surface area contributed by atoms with E-state index >= 15 is 0 Å². The van der Waals surface area contributed by atoms with E-state index in [1.165, 1.54) is 6.07 Å². The van der Waals surface area contributed by atoms with Crippen molar-refractivity contribution >= 4 is 5.91 Å². The summed E-state index contributed by atoms with van der Waals surface area (Å²) in [7, 11) is 0. The molecule has 31 heavy (non-hydrogen) atoms. The summed E-state index contributed by atoms with van der Waals surface area (Å²) in [5.74, 6) is -1.15. The molecular weight excluding hydrogens is 412 g/mol. The molecule has 0 aromatic carbocycles. The second-order valence-corrected chi connectivity index (χ2v) is 8.01. The summed E-state index contributed by atoms with van der Waals surface area (Å²) in [5.41, 5.74) is 0.612. The molecule has 0 aliphatic rings. The van der Waals surface area contributed by atoms with Gasteiger partial charge in [0, 0.05) is 36.0 Å². The van der Waals surface area contributed by atoms with Crippen molar-refractivity contribution in [1.29, 1.82) is 0 Å². The molecule has 0 saturated carbocycles. The van der Waals surface area contributed by atoms with Gasteiger partial charge in [0.2, 0.25) is 11.7 Å². The molecule has 2 aromatic rings. The van der Waals surface area contributed by atoms with Crippen LogP contribution in [0.3, 0.4) is 0 Å². The highest BCUT2D eigenvalue weighted by atomic mass is 19.4. The highest BCUT2D eigenvalue weighted by Crippen LogP contribution is 2.27. The van der Waals surface area contributed by atoms with E-state index in [1.54, 1.807) is 0 Å².